The zero-order valence-corrected chi connectivity index (χ0v) is 22.7. The van der Waals surface area contributed by atoms with Crippen LogP contribution in [0.3, 0.4) is 0 Å². The topological polar surface area (TPSA) is 93.1 Å². The first kappa shape index (κ1) is 26.4. The number of Topliss-reactive ketones (excluding diaryl/α,β-unsaturated/α-hetero) is 1. The van der Waals surface area contributed by atoms with Gasteiger partial charge < -0.3 is 19.7 Å². The van der Waals surface area contributed by atoms with Gasteiger partial charge in [-0.15, -0.1) is 22.7 Å². The van der Waals surface area contributed by atoms with E-state index in [1.54, 1.807) is 18.3 Å². The Morgan fingerprint density at radius 3 is 2.82 bits per heavy atom. The lowest BCUT2D eigenvalue weighted by molar-refractivity contribution is -0.158. The molecular formula is C28H30F2O6S2. The molecule has 0 aromatic carbocycles. The third-order valence-corrected chi connectivity index (χ3v) is 11.4. The van der Waals surface area contributed by atoms with Crippen molar-refractivity contribution in [3.8, 4) is 0 Å². The Balaban J connectivity index is 1.40. The minimum atomic E-state index is -2.29. The highest BCUT2D eigenvalue weighted by atomic mass is 32.1. The van der Waals surface area contributed by atoms with Gasteiger partial charge in [-0.1, -0.05) is 13.0 Å². The molecule has 0 spiro atoms. The summed E-state index contributed by atoms with van der Waals surface area (Å²) in [4.78, 5) is 26.1. The number of aliphatic hydroxyl groups is 2. The predicted octanol–water partition coefficient (Wildman–Crippen LogP) is 5.00. The molecule has 204 valence electrons. The fraction of sp³-hybridized carbons (Fsp3) is 0.571. The van der Waals surface area contributed by atoms with E-state index in [2.05, 4.69) is 0 Å². The van der Waals surface area contributed by atoms with E-state index in [4.69, 9.17) is 9.47 Å². The van der Waals surface area contributed by atoms with Gasteiger partial charge in [0.05, 0.1) is 17.1 Å². The predicted molar refractivity (Wildman–Crippen MR) is 139 cm³/mol. The molecule has 0 bridgehead atoms. The highest BCUT2D eigenvalue weighted by Crippen LogP contribution is 2.61. The second kappa shape index (κ2) is 9.11. The number of thiophene rings is 2. The number of fused-ring (bicyclic) bond motifs is 5. The van der Waals surface area contributed by atoms with Gasteiger partial charge in [-0.25, -0.2) is 8.78 Å². The monoisotopic (exact) mass is 564 g/mol. The van der Waals surface area contributed by atoms with Gasteiger partial charge in [-0.2, -0.15) is 0 Å². The number of hydrogen-bond acceptors (Lipinski definition) is 8. The maximum absolute atomic E-state index is 17.5. The number of ether oxygens (including phenoxy) is 2. The number of aliphatic hydroxyl groups excluding tert-OH is 2. The molecule has 0 unspecified atom stereocenters. The van der Waals surface area contributed by atoms with E-state index in [1.807, 2.05) is 17.5 Å². The molecule has 2 aromatic rings. The van der Waals surface area contributed by atoms with Gasteiger partial charge in [0.2, 0.25) is 0 Å². The summed E-state index contributed by atoms with van der Waals surface area (Å²) in [5, 5.41) is 23.4. The van der Waals surface area contributed by atoms with Crippen LogP contribution in [0, 0.1) is 17.3 Å². The van der Waals surface area contributed by atoms with Gasteiger partial charge in [-0.05, 0) is 73.8 Å². The molecule has 2 N–H and O–H groups in total. The van der Waals surface area contributed by atoms with Crippen LogP contribution in [0.2, 0.25) is 0 Å². The Kier molecular flexibility index (Phi) is 6.33. The molecule has 9 atom stereocenters. The van der Waals surface area contributed by atoms with Crippen molar-refractivity contribution in [1.29, 1.82) is 0 Å². The fourth-order valence-electron chi connectivity index (χ4n) is 7.23. The van der Waals surface area contributed by atoms with Crippen LogP contribution in [-0.2, 0) is 19.1 Å². The number of halogens is 2. The zero-order valence-electron chi connectivity index (χ0n) is 21.1. The summed E-state index contributed by atoms with van der Waals surface area (Å²) in [6, 6.07) is 3.96. The van der Waals surface area contributed by atoms with Crippen molar-refractivity contribution in [1.82, 2.24) is 0 Å². The lowest BCUT2D eigenvalue weighted by Crippen LogP contribution is -2.63. The van der Waals surface area contributed by atoms with Crippen molar-refractivity contribution in [2.45, 2.75) is 75.5 Å². The molecule has 4 aliphatic rings. The largest absolute Gasteiger partial charge is 0.390 e. The highest BCUT2D eigenvalue weighted by molar-refractivity contribution is 7.26. The number of carbonyl (C=O) groups excluding carboxylic acids is 2. The first-order chi connectivity index (χ1) is 18.0. The van der Waals surface area contributed by atoms with Crippen molar-refractivity contribution in [3.05, 3.63) is 46.2 Å². The summed E-state index contributed by atoms with van der Waals surface area (Å²) in [6.07, 6.45) is -1.28. The average molecular weight is 565 g/mol. The fourth-order valence-corrected chi connectivity index (χ4v) is 9.32. The van der Waals surface area contributed by atoms with E-state index in [0.29, 0.717) is 0 Å². The highest BCUT2D eigenvalue weighted by Gasteiger charge is 2.67. The third kappa shape index (κ3) is 3.60. The Morgan fingerprint density at radius 1 is 1.29 bits per heavy atom. The third-order valence-electron chi connectivity index (χ3n) is 9.29. The summed E-state index contributed by atoms with van der Waals surface area (Å²) in [6.45, 7) is 2.53. The number of alkyl halides is 2. The molecule has 6 rings (SSSR count). The molecule has 0 radical (unpaired) electrons. The normalized spacial score (nSPS) is 43.0. The second-order valence-corrected chi connectivity index (χ2v) is 13.3. The van der Waals surface area contributed by atoms with Gasteiger partial charge in [0.15, 0.2) is 29.1 Å². The molecular weight excluding hydrogens is 534 g/mol. The molecule has 3 fully saturated rings. The minimum absolute atomic E-state index is 0.0424. The summed E-state index contributed by atoms with van der Waals surface area (Å²) >= 11 is 3.08. The van der Waals surface area contributed by atoms with E-state index in [9.17, 15) is 19.8 Å². The Labute approximate surface area is 226 Å². The molecule has 10 heteroatoms. The molecule has 1 aliphatic heterocycles. The van der Waals surface area contributed by atoms with Crippen molar-refractivity contribution >= 4 is 43.6 Å². The van der Waals surface area contributed by atoms with Gasteiger partial charge in [0.25, 0.3) is 0 Å². The van der Waals surface area contributed by atoms with E-state index in [0.717, 1.165) is 20.4 Å². The first-order valence-electron chi connectivity index (χ1n) is 12.9. The maximum atomic E-state index is 17.5. The number of hydrogen-bond donors (Lipinski definition) is 2. The van der Waals surface area contributed by atoms with E-state index < -0.39 is 71.4 Å². The van der Waals surface area contributed by atoms with Crippen molar-refractivity contribution in [2.75, 3.05) is 6.61 Å². The number of ketones is 2. The molecule has 3 heterocycles. The van der Waals surface area contributed by atoms with Gasteiger partial charge >= 0.3 is 0 Å². The van der Waals surface area contributed by atoms with Gasteiger partial charge in [-0.3, -0.25) is 9.59 Å². The Hall–Kier alpha value is -1.82. The smallest absolute Gasteiger partial charge is 0.194 e. The van der Waals surface area contributed by atoms with Crippen molar-refractivity contribution < 1.29 is 38.1 Å². The van der Waals surface area contributed by atoms with Crippen LogP contribution in [0.5, 0.6) is 0 Å². The van der Waals surface area contributed by atoms with Crippen LogP contribution in [0.25, 0.3) is 9.40 Å². The van der Waals surface area contributed by atoms with Crippen LogP contribution in [0.15, 0.2) is 41.3 Å². The summed E-state index contributed by atoms with van der Waals surface area (Å²) in [5.41, 5.74) is -5.36. The van der Waals surface area contributed by atoms with Crippen LogP contribution in [0.4, 0.5) is 8.78 Å². The SMILES string of the molecule is C[C@H]1C[C@H]2O[C@@H](c3cc4sccc4s3)O[C@@]2(C(=O)CO)CC[C@H](O)[C@@]2(F)[C@H]1C[C@H](F)C1=CC(=O)C=C[C@@]12C. The second-order valence-electron chi connectivity index (χ2n) is 11.2. The van der Waals surface area contributed by atoms with Gasteiger partial charge in [0, 0.05) is 20.7 Å². The standard InChI is InChI=1S/C28H30F2O6S2/c1-14-9-24-27(23(34)13-31,36-25(35-24)21-12-20-19(38-21)5-8-37-20)7-4-22(33)28(30)16(14)11-18(29)17-10-15(32)3-6-26(17,28)2/h3,5-6,8,10,12,14,16,18,22,24-25,31,33H,4,7,9,11,13H2,1-2H3/t14-,16-,18-,22-,24+,25+,26-,27+,28-/m0/s1. The molecule has 38 heavy (non-hydrogen) atoms. The number of carbonyl (C=O) groups is 2. The lowest BCUT2D eigenvalue weighted by atomic mass is 9.51. The molecule has 6 nitrogen and oxygen atoms in total. The molecule has 2 saturated carbocycles. The van der Waals surface area contributed by atoms with E-state index in [1.165, 1.54) is 30.4 Å². The lowest BCUT2D eigenvalue weighted by Gasteiger charge is -2.56. The van der Waals surface area contributed by atoms with Crippen LogP contribution in [0.1, 0.15) is 50.7 Å². The zero-order chi connectivity index (χ0) is 27.0. The summed E-state index contributed by atoms with van der Waals surface area (Å²) in [5.74, 6) is -2.42. The van der Waals surface area contributed by atoms with Crippen LogP contribution < -0.4 is 0 Å². The average Bonchev–Trinajstić information content (AvgIpc) is 3.59. The first-order valence-corrected chi connectivity index (χ1v) is 14.6. The quantitative estimate of drug-likeness (QED) is 0.546. The van der Waals surface area contributed by atoms with E-state index >= 15 is 8.78 Å². The maximum Gasteiger partial charge on any atom is 0.194 e. The molecule has 0 amide bonds. The Morgan fingerprint density at radius 2 is 2.08 bits per heavy atom. The van der Waals surface area contributed by atoms with Crippen LogP contribution >= 0.6 is 22.7 Å². The van der Waals surface area contributed by atoms with Crippen molar-refractivity contribution in [2.24, 2.45) is 17.3 Å². The molecule has 3 aliphatic carbocycles. The summed E-state index contributed by atoms with van der Waals surface area (Å²) in [7, 11) is 0. The van der Waals surface area contributed by atoms with E-state index in [-0.39, 0.29) is 31.3 Å². The minimum Gasteiger partial charge on any atom is -0.390 e. The number of rotatable bonds is 3. The van der Waals surface area contributed by atoms with Crippen molar-refractivity contribution in [3.63, 3.8) is 0 Å². The van der Waals surface area contributed by atoms with Crippen LogP contribution in [-0.4, -0.2) is 58.0 Å². The van der Waals surface area contributed by atoms with Gasteiger partial charge in [0.1, 0.15) is 12.8 Å². The number of allylic oxidation sites excluding steroid dienone is 4. The Bertz CT molecular complexity index is 1320. The molecule has 2 aromatic heterocycles. The molecule has 1 saturated heterocycles. The summed E-state index contributed by atoms with van der Waals surface area (Å²) < 4.78 is 47.9.